The van der Waals surface area contributed by atoms with Crippen LogP contribution in [-0.4, -0.2) is 95.2 Å². The van der Waals surface area contributed by atoms with Gasteiger partial charge in [-0.05, 0) is 52.1 Å². The van der Waals surface area contributed by atoms with Gasteiger partial charge in [0.05, 0.1) is 29.1 Å². The van der Waals surface area contributed by atoms with Crippen molar-refractivity contribution in [3.63, 3.8) is 0 Å². The second-order valence-electron chi connectivity index (χ2n) is 13.1. The van der Waals surface area contributed by atoms with Crippen LogP contribution in [0.25, 0.3) is 15.6 Å². The van der Waals surface area contributed by atoms with E-state index in [0.717, 1.165) is 46.0 Å². The van der Waals surface area contributed by atoms with Gasteiger partial charge in [0.2, 0.25) is 6.54 Å². The average molecular weight is 661 g/mol. The first kappa shape index (κ1) is 32.9. The van der Waals surface area contributed by atoms with Crippen molar-refractivity contribution >= 4 is 39.8 Å². The molecule has 2 fully saturated rings. The Labute approximate surface area is 281 Å². The lowest BCUT2D eigenvalue weighted by Gasteiger charge is -2.41. The molecule has 12 heteroatoms. The minimum Gasteiger partial charge on any atom is -0.459 e. The number of rotatable bonds is 10. The highest BCUT2D eigenvalue weighted by Crippen LogP contribution is 2.37. The van der Waals surface area contributed by atoms with Crippen molar-refractivity contribution in [3.05, 3.63) is 70.7 Å². The Morgan fingerprint density at radius 3 is 2.74 bits per heavy atom. The van der Waals surface area contributed by atoms with Crippen LogP contribution >= 0.6 is 11.6 Å². The third-order valence-corrected chi connectivity index (χ3v) is 10.3. The van der Waals surface area contributed by atoms with Gasteiger partial charge >= 0.3 is 6.01 Å². The fourth-order valence-electron chi connectivity index (χ4n) is 7.12. The van der Waals surface area contributed by atoms with Crippen molar-refractivity contribution in [1.29, 1.82) is 0 Å². The van der Waals surface area contributed by atoms with E-state index >= 15 is 0 Å². The molecule has 0 N–H and O–H groups in total. The number of fused-ring (bicyclic) bond motifs is 2. The Morgan fingerprint density at radius 2 is 2.02 bits per heavy atom. The molecule has 0 unspecified atom stereocenters. The standard InChI is InChI=1S/C35H42ClFN8O2/c1-22(19-42(5)24(3)25-8-6-9-25)47-35-40-30-21-43(31-18-39-16-26-10-7-11-29(36)32(26)31)13-12-28(30)33(41-35)44-14-15-45(34(46)23(2)37)27(20-44)17-38-4/h7,10-11,16,18,22,24-25,27H,2,6,8-9,12-15,17,19-21H2,1,3,5H3/t22-,24+,27-/m0/s1. The smallest absolute Gasteiger partial charge is 0.318 e. The van der Waals surface area contributed by atoms with Gasteiger partial charge in [-0.25, -0.2) is 11.0 Å². The lowest BCUT2D eigenvalue weighted by atomic mass is 9.80. The summed E-state index contributed by atoms with van der Waals surface area (Å²) < 4.78 is 20.3. The van der Waals surface area contributed by atoms with Gasteiger partial charge < -0.3 is 24.3 Å². The fourth-order valence-corrected chi connectivity index (χ4v) is 7.40. The highest BCUT2D eigenvalue weighted by Gasteiger charge is 2.36. The van der Waals surface area contributed by atoms with E-state index in [1.807, 2.05) is 37.5 Å². The van der Waals surface area contributed by atoms with Crippen molar-refractivity contribution < 1.29 is 13.9 Å². The topological polar surface area (TPSA) is 82.3 Å². The van der Waals surface area contributed by atoms with Crippen LogP contribution in [-0.2, 0) is 17.8 Å². The molecule has 6 rings (SSSR count). The van der Waals surface area contributed by atoms with Crippen LogP contribution in [0.5, 0.6) is 6.01 Å². The van der Waals surface area contributed by atoms with Crippen molar-refractivity contribution in [1.82, 2.24) is 24.8 Å². The fraction of sp³-hybridized carbons (Fsp3) is 0.514. The first-order chi connectivity index (χ1) is 22.6. The van der Waals surface area contributed by atoms with Gasteiger partial charge in [-0.2, -0.15) is 9.97 Å². The summed E-state index contributed by atoms with van der Waals surface area (Å²) in [6.07, 6.45) is 8.04. The lowest BCUT2D eigenvalue weighted by molar-refractivity contribution is -0.131. The Bertz CT molecular complexity index is 1690. The molecule has 0 radical (unpaired) electrons. The van der Waals surface area contributed by atoms with E-state index in [1.54, 1.807) is 0 Å². The van der Waals surface area contributed by atoms with E-state index in [1.165, 1.54) is 24.2 Å². The quantitative estimate of drug-likeness (QED) is 0.207. The second-order valence-corrected chi connectivity index (χ2v) is 13.5. The number of piperazine rings is 1. The van der Waals surface area contributed by atoms with E-state index < -0.39 is 17.8 Å². The summed E-state index contributed by atoms with van der Waals surface area (Å²) in [5.74, 6) is -0.315. The zero-order chi connectivity index (χ0) is 33.2. The van der Waals surface area contributed by atoms with Gasteiger partial charge in [0.15, 0.2) is 5.83 Å². The number of anilines is 2. The largest absolute Gasteiger partial charge is 0.459 e. The van der Waals surface area contributed by atoms with Crippen LogP contribution in [0.15, 0.2) is 43.0 Å². The number of hydrogen-bond donors (Lipinski definition) is 0. The molecular weight excluding hydrogens is 619 g/mol. The predicted octanol–water partition coefficient (Wildman–Crippen LogP) is 5.55. The first-order valence-corrected chi connectivity index (χ1v) is 16.8. The minimum atomic E-state index is -1.02. The maximum absolute atomic E-state index is 13.9. The zero-order valence-corrected chi connectivity index (χ0v) is 28.1. The number of aromatic nitrogens is 3. The molecule has 10 nitrogen and oxygen atoms in total. The summed E-state index contributed by atoms with van der Waals surface area (Å²) >= 11 is 6.69. The van der Waals surface area contributed by atoms with Gasteiger partial charge in [0, 0.05) is 61.3 Å². The van der Waals surface area contributed by atoms with E-state index in [9.17, 15) is 9.18 Å². The Morgan fingerprint density at radius 1 is 1.21 bits per heavy atom. The third-order valence-electron chi connectivity index (χ3n) is 10.0. The van der Waals surface area contributed by atoms with Crippen molar-refractivity contribution in [2.24, 2.45) is 5.92 Å². The summed E-state index contributed by atoms with van der Waals surface area (Å²) in [4.78, 5) is 38.7. The Kier molecular flexibility index (Phi) is 9.80. The van der Waals surface area contributed by atoms with Crippen molar-refractivity contribution in [2.75, 3.05) is 56.1 Å². The molecular formula is C35H42ClFN8O2. The number of ether oxygens (including phenoxy) is 1. The molecule has 4 heterocycles. The van der Waals surface area contributed by atoms with E-state index in [4.69, 9.17) is 32.9 Å². The molecule has 2 aliphatic heterocycles. The van der Waals surface area contributed by atoms with Crippen LogP contribution in [0.3, 0.4) is 0 Å². The molecule has 248 valence electrons. The molecule has 1 saturated heterocycles. The maximum Gasteiger partial charge on any atom is 0.318 e. The van der Waals surface area contributed by atoms with Gasteiger partial charge in [0.25, 0.3) is 5.91 Å². The zero-order valence-electron chi connectivity index (χ0n) is 27.3. The van der Waals surface area contributed by atoms with Crippen LogP contribution in [0, 0.1) is 12.5 Å². The van der Waals surface area contributed by atoms with Gasteiger partial charge in [-0.15, -0.1) is 0 Å². The normalized spacial score (nSPS) is 19.6. The number of benzene rings is 1. The molecule has 1 amide bonds. The van der Waals surface area contributed by atoms with Crippen LogP contribution in [0.2, 0.25) is 5.02 Å². The Balaban J connectivity index is 1.31. The molecule has 0 spiro atoms. The first-order valence-electron chi connectivity index (χ1n) is 16.4. The SMILES string of the molecule is [C-]#[N+]C[C@H]1CN(c2nc(O[C@@H](C)CN(C)[C@H](C)C3CCC3)nc3c2CCN(c2cncc4cccc(Cl)c24)C3)CCN1C(=O)C(=C)F. The maximum atomic E-state index is 13.9. The summed E-state index contributed by atoms with van der Waals surface area (Å²) in [5.41, 5.74) is 2.80. The molecule has 3 aliphatic rings. The number of nitrogens with zero attached hydrogens (tertiary/aromatic N) is 8. The van der Waals surface area contributed by atoms with Crippen LogP contribution in [0.1, 0.15) is 44.4 Å². The molecule has 1 aliphatic carbocycles. The van der Waals surface area contributed by atoms with E-state index in [2.05, 4.69) is 45.1 Å². The van der Waals surface area contributed by atoms with Crippen LogP contribution in [0.4, 0.5) is 15.9 Å². The monoisotopic (exact) mass is 660 g/mol. The third kappa shape index (κ3) is 6.85. The number of pyridine rings is 1. The number of hydrogen-bond acceptors (Lipinski definition) is 8. The number of halogens is 2. The van der Waals surface area contributed by atoms with E-state index in [-0.39, 0.29) is 19.2 Å². The summed E-state index contributed by atoms with van der Waals surface area (Å²) in [6, 6.07) is 6.10. The number of amides is 1. The number of carbonyl (C=O) groups is 1. The van der Waals surface area contributed by atoms with E-state index in [0.29, 0.717) is 49.7 Å². The molecule has 3 atom stereocenters. The molecule has 1 aromatic carbocycles. The molecule has 0 bridgehead atoms. The summed E-state index contributed by atoms with van der Waals surface area (Å²) in [7, 11) is 2.15. The number of likely N-dealkylation sites (N-methyl/N-ethyl adjacent to an activating group) is 1. The molecule has 2 aromatic heterocycles. The second kappa shape index (κ2) is 14.0. The van der Waals surface area contributed by atoms with Crippen molar-refractivity contribution in [2.45, 2.75) is 64.3 Å². The number of carbonyl (C=O) groups excluding carboxylic acids is 1. The highest BCUT2D eigenvalue weighted by atomic mass is 35.5. The average Bonchev–Trinajstić information content (AvgIpc) is 3.02. The lowest BCUT2D eigenvalue weighted by Crippen LogP contribution is -2.57. The molecule has 1 saturated carbocycles. The minimum absolute atomic E-state index is 0.0529. The van der Waals surface area contributed by atoms with Crippen LogP contribution < -0.4 is 14.5 Å². The summed E-state index contributed by atoms with van der Waals surface area (Å²) in [5, 5.41) is 2.59. The van der Waals surface area contributed by atoms with Gasteiger partial charge in [-0.1, -0.05) is 36.7 Å². The highest BCUT2D eigenvalue weighted by molar-refractivity contribution is 6.36. The van der Waals surface area contributed by atoms with Gasteiger partial charge in [-0.3, -0.25) is 14.7 Å². The molecule has 47 heavy (non-hydrogen) atoms. The molecule has 3 aromatic rings. The Hall–Kier alpha value is -4.01. The van der Waals surface area contributed by atoms with Gasteiger partial charge in [0.1, 0.15) is 18.0 Å². The predicted molar refractivity (Wildman–Crippen MR) is 182 cm³/mol. The summed E-state index contributed by atoms with van der Waals surface area (Å²) in [6.45, 7) is 18.0. The van der Waals surface area contributed by atoms with Crippen molar-refractivity contribution in [3.8, 4) is 6.01 Å².